The predicted octanol–water partition coefficient (Wildman–Crippen LogP) is 4.55. The molecule has 3 nitrogen and oxygen atoms in total. The van der Waals surface area contributed by atoms with E-state index in [2.05, 4.69) is 16.7 Å². The van der Waals surface area contributed by atoms with Crippen LogP contribution in [0.4, 0.5) is 0 Å². The van der Waals surface area contributed by atoms with Gasteiger partial charge in [-0.2, -0.15) is 0 Å². The first-order valence-corrected chi connectivity index (χ1v) is 8.32. The number of pyridine rings is 2. The smallest absolute Gasteiger partial charge is 0.191 e. The second-order valence-corrected chi connectivity index (χ2v) is 6.41. The molecule has 0 unspecified atom stereocenters. The molecule has 0 saturated heterocycles. The van der Waals surface area contributed by atoms with Crippen molar-refractivity contribution in [2.24, 2.45) is 0 Å². The summed E-state index contributed by atoms with van der Waals surface area (Å²) in [6, 6.07) is 22.3. The maximum Gasteiger partial charge on any atom is 0.191 e. The Morgan fingerprint density at radius 1 is 0.917 bits per heavy atom. The molecule has 24 heavy (non-hydrogen) atoms. The Hall–Kier alpha value is -2.94. The fourth-order valence-corrected chi connectivity index (χ4v) is 3.39. The fraction of sp³-hybridized carbons (Fsp3) is 0.143. The van der Waals surface area contributed by atoms with E-state index in [1.165, 1.54) is 0 Å². The van der Waals surface area contributed by atoms with Gasteiger partial charge >= 0.3 is 0 Å². The summed E-state index contributed by atoms with van der Waals surface area (Å²) in [5.41, 5.74) is 3.82. The lowest BCUT2D eigenvalue weighted by atomic mass is 10.1. The molecule has 1 aliphatic rings. The molecule has 0 amide bonds. The van der Waals surface area contributed by atoms with E-state index in [0.29, 0.717) is 11.4 Å². The van der Waals surface area contributed by atoms with Crippen LogP contribution in [0.25, 0.3) is 33.2 Å². The highest BCUT2D eigenvalue weighted by Crippen LogP contribution is 2.40. The highest BCUT2D eigenvalue weighted by atomic mass is 16.1. The Bertz CT molecular complexity index is 1130. The number of hydrogen-bond acceptors (Lipinski definition) is 2. The third kappa shape index (κ3) is 2.05. The van der Waals surface area contributed by atoms with Crippen LogP contribution in [-0.2, 0) is 0 Å². The minimum Gasteiger partial charge on any atom is -0.322 e. The van der Waals surface area contributed by atoms with Gasteiger partial charge in [-0.05, 0) is 30.5 Å². The minimum absolute atomic E-state index is 0.0407. The third-order valence-corrected chi connectivity index (χ3v) is 4.71. The number of benzene rings is 2. The van der Waals surface area contributed by atoms with Crippen molar-refractivity contribution in [3.8, 4) is 11.3 Å². The molecule has 0 atom stereocenters. The first kappa shape index (κ1) is 13.5. The molecule has 1 saturated carbocycles. The Labute approximate surface area is 139 Å². The Morgan fingerprint density at radius 2 is 1.67 bits per heavy atom. The minimum atomic E-state index is 0.0407. The van der Waals surface area contributed by atoms with E-state index in [-0.39, 0.29) is 5.43 Å². The lowest BCUT2D eigenvalue weighted by Crippen LogP contribution is -2.12. The quantitative estimate of drug-likeness (QED) is 0.509. The molecule has 2 heterocycles. The Balaban J connectivity index is 1.93. The maximum atomic E-state index is 12.8. The summed E-state index contributed by atoms with van der Waals surface area (Å²) in [7, 11) is 0. The molecule has 116 valence electrons. The lowest BCUT2D eigenvalue weighted by molar-refractivity contribution is 0.766. The lowest BCUT2D eigenvalue weighted by Gasteiger charge is -2.16. The van der Waals surface area contributed by atoms with Gasteiger partial charge in [0.05, 0.1) is 16.6 Å². The van der Waals surface area contributed by atoms with Gasteiger partial charge in [0.1, 0.15) is 5.65 Å². The maximum absolute atomic E-state index is 12.8. The van der Waals surface area contributed by atoms with Crippen LogP contribution in [0.2, 0.25) is 0 Å². The second-order valence-electron chi connectivity index (χ2n) is 6.41. The summed E-state index contributed by atoms with van der Waals surface area (Å²) in [4.78, 5) is 17.6. The molecule has 1 fully saturated rings. The Kier molecular flexibility index (Phi) is 2.83. The van der Waals surface area contributed by atoms with Gasteiger partial charge in [-0.25, -0.2) is 4.98 Å². The molecule has 5 rings (SSSR count). The molecule has 0 aliphatic heterocycles. The normalized spacial score (nSPS) is 14.3. The SMILES string of the molecule is O=c1cc(-c2ccccc2)n(C2CC2)c2nc3ccccc3cc12. The van der Waals surface area contributed by atoms with Crippen LogP contribution < -0.4 is 5.43 Å². The van der Waals surface area contributed by atoms with Crippen LogP contribution in [0, 0.1) is 0 Å². The zero-order valence-electron chi connectivity index (χ0n) is 13.1. The molecular formula is C21H16N2O. The van der Waals surface area contributed by atoms with Crippen molar-refractivity contribution < 1.29 is 0 Å². The van der Waals surface area contributed by atoms with Crippen molar-refractivity contribution in [3.63, 3.8) is 0 Å². The van der Waals surface area contributed by atoms with Gasteiger partial charge in [0.15, 0.2) is 5.43 Å². The van der Waals surface area contributed by atoms with Crippen LogP contribution >= 0.6 is 0 Å². The number of rotatable bonds is 2. The van der Waals surface area contributed by atoms with Gasteiger partial charge in [-0.3, -0.25) is 4.79 Å². The van der Waals surface area contributed by atoms with E-state index >= 15 is 0 Å². The average Bonchev–Trinajstić information content (AvgIpc) is 3.46. The second kappa shape index (κ2) is 5.03. The van der Waals surface area contributed by atoms with Crippen LogP contribution in [0.3, 0.4) is 0 Å². The van der Waals surface area contributed by atoms with Crippen LogP contribution in [0.15, 0.2) is 71.5 Å². The van der Waals surface area contributed by atoms with Crippen molar-refractivity contribution in [1.82, 2.24) is 9.55 Å². The van der Waals surface area contributed by atoms with E-state index in [9.17, 15) is 4.79 Å². The van der Waals surface area contributed by atoms with E-state index in [1.54, 1.807) is 6.07 Å². The monoisotopic (exact) mass is 312 g/mol. The van der Waals surface area contributed by atoms with Crippen molar-refractivity contribution in [2.75, 3.05) is 0 Å². The van der Waals surface area contributed by atoms with Gasteiger partial charge in [0, 0.05) is 17.5 Å². The molecule has 2 aromatic heterocycles. The number of aromatic nitrogens is 2. The summed E-state index contributed by atoms with van der Waals surface area (Å²) < 4.78 is 2.26. The molecular weight excluding hydrogens is 296 g/mol. The van der Waals surface area contributed by atoms with Crippen LogP contribution in [0.5, 0.6) is 0 Å². The number of nitrogens with zero attached hydrogens (tertiary/aromatic N) is 2. The number of hydrogen-bond donors (Lipinski definition) is 0. The van der Waals surface area contributed by atoms with Gasteiger partial charge in [0.2, 0.25) is 0 Å². The first-order valence-electron chi connectivity index (χ1n) is 8.32. The van der Waals surface area contributed by atoms with Crippen molar-refractivity contribution in [2.45, 2.75) is 18.9 Å². The highest BCUT2D eigenvalue weighted by Gasteiger charge is 2.28. The van der Waals surface area contributed by atoms with E-state index in [0.717, 1.165) is 40.6 Å². The molecule has 0 bridgehead atoms. The predicted molar refractivity (Wildman–Crippen MR) is 97.2 cm³/mol. The molecule has 2 aromatic carbocycles. The Morgan fingerprint density at radius 3 is 2.46 bits per heavy atom. The summed E-state index contributed by atoms with van der Waals surface area (Å²) >= 11 is 0. The summed E-state index contributed by atoms with van der Waals surface area (Å²) in [6.07, 6.45) is 2.29. The topological polar surface area (TPSA) is 34.9 Å². The fourth-order valence-electron chi connectivity index (χ4n) is 3.39. The number of para-hydroxylation sites is 1. The molecule has 0 spiro atoms. The van der Waals surface area contributed by atoms with Crippen molar-refractivity contribution in [3.05, 3.63) is 77.0 Å². The van der Waals surface area contributed by atoms with Crippen LogP contribution in [-0.4, -0.2) is 9.55 Å². The van der Waals surface area contributed by atoms with Gasteiger partial charge in [0.25, 0.3) is 0 Å². The highest BCUT2D eigenvalue weighted by molar-refractivity contribution is 5.92. The van der Waals surface area contributed by atoms with E-state index < -0.39 is 0 Å². The van der Waals surface area contributed by atoms with Gasteiger partial charge in [-0.15, -0.1) is 0 Å². The summed E-state index contributed by atoms with van der Waals surface area (Å²) in [6.45, 7) is 0. The molecule has 1 aliphatic carbocycles. The van der Waals surface area contributed by atoms with E-state index in [1.807, 2.05) is 48.5 Å². The summed E-state index contributed by atoms with van der Waals surface area (Å²) in [5.74, 6) is 0. The third-order valence-electron chi connectivity index (χ3n) is 4.71. The largest absolute Gasteiger partial charge is 0.322 e. The van der Waals surface area contributed by atoms with Crippen molar-refractivity contribution in [1.29, 1.82) is 0 Å². The number of fused-ring (bicyclic) bond motifs is 2. The molecule has 0 radical (unpaired) electrons. The average molecular weight is 312 g/mol. The molecule has 3 heteroatoms. The molecule has 0 N–H and O–H groups in total. The first-order chi connectivity index (χ1) is 11.8. The zero-order valence-corrected chi connectivity index (χ0v) is 13.1. The molecule has 4 aromatic rings. The standard InChI is InChI=1S/C21H16N2O/c24-20-13-19(14-6-2-1-3-7-14)23(16-10-11-16)21-17(20)12-15-8-4-5-9-18(15)22-21/h1-9,12-13,16H,10-11H2. The van der Waals surface area contributed by atoms with Crippen molar-refractivity contribution >= 4 is 21.9 Å². The van der Waals surface area contributed by atoms with Gasteiger partial charge < -0.3 is 4.57 Å². The van der Waals surface area contributed by atoms with Crippen LogP contribution in [0.1, 0.15) is 18.9 Å². The van der Waals surface area contributed by atoms with Gasteiger partial charge in [-0.1, -0.05) is 48.5 Å². The van der Waals surface area contributed by atoms with E-state index in [4.69, 9.17) is 4.98 Å². The summed E-state index contributed by atoms with van der Waals surface area (Å²) in [5, 5.41) is 1.72. The zero-order chi connectivity index (χ0) is 16.1.